The molecular weight excluding hydrogens is 305 g/mol. The average Bonchev–Trinajstić information content (AvgIpc) is 2.42. The molecule has 0 amide bonds. The van der Waals surface area contributed by atoms with Crippen LogP contribution in [0.5, 0.6) is 0 Å². The number of hydrogen-bond acceptors (Lipinski definition) is 4. The van der Waals surface area contributed by atoms with Gasteiger partial charge in [0.15, 0.2) is 11.5 Å². The number of halogens is 4. The third kappa shape index (κ3) is 3.75. The predicted octanol–water partition coefficient (Wildman–Crippen LogP) is 3.37. The second-order valence-corrected chi connectivity index (χ2v) is 4.89. The summed E-state index contributed by atoms with van der Waals surface area (Å²) in [4.78, 5) is 1.63. The Morgan fingerprint density at radius 2 is 1.90 bits per heavy atom. The molecule has 0 radical (unpaired) electrons. The van der Waals surface area contributed by atoms with E-state index >= 15 is 0 Å². The highest BCUT2D eigenvalue weighted by Gasteiger charge is 2.33. The van der Waals surface area contributed by atoms with Crippen molar-refractivity contribution in [3.63, 3.8) is 0 Å². The van der Waals surface area contributed by atoms with Crippen LogP contribution in [0.15, 0.2) is 30.3 Å². The molecule has 2 rings (SSSR count). The third-order valence-corrected chi connectivity index (χ3v) is 3.18. The number of nitrogen functional groups attached to an aromatic ring is 1. The fourth-order valence-corrected chi connectivity index (χ4v) is 1.91. The topological polar surface area (TPSA) is 55.0 Å². The molecule has 0 aliphatic carbocycles. The first kappa shape index (κ1) is 15.4. The van der Waals surface area contributed by atoms with Gasteiger partial charge in [-0.1, -0.05) is 11.6 Å². The molecule has 21 heavy (non-hydrogen) atoms. The van der Waals surface area contributed by atoms with Gasteiger partial charge < -0.3 is 10.6 Å². The van der Waals surface area contributed by atoms with Crippen LogP contribution in [0.1, 0.15) is 11.3 Å². The van der Waals surface area contributed by atoms with Crippen LogP contribution in [0.4, 0.5) is 24.7 Å². The Kier molecular flexibility index (Phi) is 4.22. The lowest BCUT2D eigenvalue weighted by Gasteiger charge is -2.19. The second-order valence-electron chi connectivity index (χ2n) is 4.48. The number of aromatic nitrogens is 2. The lowest BCUT2D eigenvalue weighted by molar-refractivity contribution is -0.141. The van der Waals surface area contributed by atoms with E-state index in [2.05, 4.69) is 10.2 Å². The number of hydrogen-bond donors (Lipinski definition) is 1. The van der Waals surface area contributed by atoms with Crippen LogP contribution >= 0.6 is 11.6 Å². The van der Waals surface area contributed by atoms with Crippen molar-refractivity contribution in [3.05, 3.63) is 46.6 Å². The van der Waals surface area contributed by atoms with Crippen LogP contribution in [0.2, 0.25) is 5.02 Å². The van der Waals surface area contributed by atoms with Crippen molar-refractivity contribution in [1.29, 1.82) is 0 Å². The predicted molar refractivity (Wildman–Crippen MR) is 75.0 cm³/mol. The molecule has 0 unspecified atom stereocenters. The number of alkyl halides is 3. The maximum Gasteiger partial charge on any atom is 0.435 e. The Bertz CT molecular complexity index is 628. The van der Waals surface area contributed by atoms with Crippen LogP contribution in [0, 0.1) is 0 Å². The Morgan fingerprint density at radius 3 is 2.48 bits per heavy atom. The molecule has 0 aliphatic rings. The summed E-state index contributed by atoms with van der Waals surface area (Å²) in [6, 6.07) is 7.19. The SMILES string of the molecule is CN(Cc1cc(N)ccc1Cl)c1ccc(C(F)(F)F)nn1. The minimum Gasteiger partial charge on any atom is -0.399 e. The zero-order chi connectivity index (χ0) is 15.6. The monoisotopic (exact) mass is 316 g/mol. The molecule has 8 heteroatoms. The number of anilines is 2. The van der Waals surface area contributed by atoms with E-state index in [1.807, 2.05) is 0 Å². The highest BCUT2D eigenvalue weighted by atomic mass is 35.5. The molecular formula is C13H12ClF3N4. The lowest BCUT2D eigenvalue weighted by atomic mass is 10.2. The molecule has 1 aromatic heterocycles. The van der Waals surface area contributed by atoms with Crippen molar-refractivity contribution >= 4 is 23.1 Å². The summed E-state index contributed by atoms with van der Waals surface area (Å²) in [5.74, 6) is 0.307. The molecule has 1 heterocycles. The Balaban J connectivity index is 2.17. The van der Waals surface area contributed by atoms with Gasteiger partial charge in [-0.3, -0.25) is 0 Å². The first-order chi connectivity index (χ1) is 9.77. The summed E-state index contributed by atoms with van der Waals surface area (Å²) < 4.78 is 37.3. The van der Waals surface area contributed by atoms with Gasteiger partial charge >= 0.3 is 6.18 Å². The van der Waals surface area contributed by atoms with E-state index in [1.165, 1.54) is 6.07 Å². The average molecular weight is 317 g/mol. The maximum atomic E-state index is 12.4. The van der Waals surface area contributed by atoms with E-state index in [4.69, 9.17) is 17.3 Å². The van der Waals surface area contributed by atoms with Crippen molar-refractivity contribution in [2.75, 3.05) is 17.7 Å². The molecule has 2 N–H and O–H groups in total. The highest BCUT2D eigenvalue weighted by molar-refractivity contribution is 6.31. The first-order valence-electron chi connectivity index (χ1n) is 5.93. The minimum absolute atomic E-state index is 0.307. The normalized spacial score (nSPS) is 11.5. The Labute approximate surface area is 124 Å². The molecule has 0 saturated carbocycles. The molecule has 112 valence electrons. The van der Waals surface area contributed by atoms with Gasteiger partial charge in [0, 0.05) is 24.3 Å². The number of nitrogens with two attached hydrogens (primary N) is 1. The molecule has 0 atom stereocenters. The van der Waals surface area contributed by atoms with Crippen molar-refractivity contribution < 1.29 is 13.2 Å². The first-order valence-corrected chi connectivity index (χ1v) is 6.31. The van der Waals surface area contributed by atoms with Gasteiger partial charge in [0.1, 0.15) is 0 Å². The van der Waals surface area contributed by atoms with Gasteiger partial charge in [0.2, 0.25) is 0 Å². The highest BCUT2D eigenvalue weighted by Crippen LogP contribution is 2.28. The van der Waals surface area contributed by atoms with E-state index < -0.39 is 11.9 Å². The maximum absolute atomic E-state index is 12.4. The third-order valence-electron chi connectivity index (χ3n) is 2.81. The molecule has 0 fully saturated rings. The summed E-state index contributed by atoms with van der Waals surface area (Å²) in [6.07, 6.45) is -4.50. The fourth-order valence-electron chi connectivity index (χ4n) is 1.73. The zero-order valence-electron chi connectivity index (χ0n) is 11.0. The zero-order valence-corrected chi connectivity index (χ0v) is 11.8. The summed E-state index contributed by atoms with van der Waals surface area (Å²) in [6.45, 7) is 0.351. The van der Waals surface area contributed by atoms with E-state index in [0.29, 0.717) is 23.1 Å². The number of rotatable bonds is 3. The smallest absolute Gasteiger partial charge is 0.399 e. The molecule has 0 spiro atoms. The van der Waals surface area contributed by atoms with Gasteiger partial charge in [-0.15, -0.1) is 10.2 Å². The van der Waals surface area contributed by atoms with E-state index in [1.54, 1.807) is 30.1 Å². The molecule has 0 bridgehead atoms. The van der Waals surface area contributed by atoms with Crippen LogP contribution in [-0.4, -0.2) is 17.2 Å². The largest absolute Gasteiger partial charge is 0.435 e. The summed E-state index contributed by atoms with van der Waals surface area (Å²) in [5, 5.41) is 7.28. The number of nitrogens with zero attached hydrogens (tertiary/aromatic N) is 3. The summed E-state index contributed by atoms with van der Waals surface area (Å²) >= 11 is 6.05. The number of benzene rings is 1. The standard InChI is InChI=1S/C13H12ClF3N4/c1-21(7-8-6-9(18)2-3-10(8)14)12-5-4-11(19-20-12)13(15,16)17/h2-6H,7,18H2,1H3. The molecule has 0 aliphatic heterocycles. The molecule has 1 aromatic carbocycles. The van der Waals surface area contributed by atoms with Crippen molar-refractivity contribution in [2.45, 2.75) is 12.7 Å². The Morgan fingerprint density at radius 1 is 1.19 bits per heavy atom. The van der Waals surface area contributed by atoms with Gasteiger partial charge in [-0.05, 0) is 35.9 Å². The second kappa shape index (κ2) is 5.77. The van der Waals surface area contributed by atoms with Crippen LogP contribution < -0.4 is 10.6 Å². The van der Waals surface area contributed by atoms with Crippen molar-refractivity contribution in [1.82, 2.24) is 10.2 Å². The van der Waals surface area contributed by atoms with Gasteiger partial charge in [0.05, 0.1) is 0 Å². The van der Waals surface area contributed by atoms with Gasteiger partial charge in [-0.2, -0.15) is 13.2 Å². The van der Waals surface area contributed by atoms with E-state index in [0.717, 1.165) is 11.6 Å². The molecule has 4 nitrogen and oxygen atoms in total. The van der Waals surface area contributed by atoms with Gasteiger partial charge in [-0.25, -0.2) is 0 Å². The van der Waals surface area contributed by atoms with Crippen LogP contribution in [0.3, 0.4) is 0 Å². The van der Waals surface area contributed by atoms with E-state index in [9.17, 15) is 13.2 Å². The fraction of sp³-hybridized carbons (Fsp3) is 0.231. The van der Waals surface area contributed by atoms with E-state index in [-0.39, 0.29) is 0 Å². The van der Waals surface area contributed by atoms with Crippen molar-refractivity contribution in [3.8, 4) is 0 Å². The summed E-state index contributed by atoms with van der Waals surface area (Å²) in [5.41, 5.74) is 5.96. The molecule has 2 aromatic rings. The van der Waals surface area contributed by atoms with Gasteiger partial charge in [0.25, 0.3) is 0 Å². The quantitative estimate of drug-likeness (QED) is 0.882. The summed E-state index contributed by atoms with van der Waals surface area (Å²) in [7, 11) is 1.68. The van der Waals surface area contributed by atoms with Crippen LogP contribution in [-0.2, 0) is 12.7 Å². The molecule has 0 saturated heterocycles. The van der Waals surface area contributed by atoms with Crippen LogP contribution in [0.25, 0.3) is 0 Å². The minimum atomic E-state index is -4.50. The van der Waals surface area contributed by atoms with Crippen molar-refractivity contribution in [2.24, 2.45) is 0 Å². The Hall–Kier alpha value is -2.02. The lowest BCUT2D eigenvalue weighted by Crippen LogP contribution is -2.19.